The molecule has 0 aliphatic heterocycles. The fraction of sp³-hybridized carbons (Fsp3) is 0.130. The lowest BCUT2D eigenvalue weighted by atomic mass is 10.2. The third kappa shape index (κ3) is 6.23. The molecule has 1 N–H and O–H groups in total. The van der Waals surface area contributed by atoms with Crippen molar-refractivity contribution in [1.29, 1.82) is 0 Å². The van der Waals surface area contributed by atoms with Gasteiger partial charge in [-0.15, -0.1) is 0 Å². The molecule has 3 aromatic carbocycles. The highest BCUT2D eigenvalue weighted by Crippen LogP contribution is 2.37. The van der Waals surface area contributed by atoms with Gasteiger partial charge < -0.3 is 9.47 Å². The lowest BCUT2D eigenvalue weighted by molar-refractivity contribution is 0.0954. The normalized spacial score (nSPS) is 10.8. The van der Waals surface area contributed by atoms with Crippen LogP contribution in [0.4, 0.5) is 0 Å². The van der Waals surface area contributed by atoms with Gasteiger partial charge in [0.15, 0.2) is 11.5 Å². The van der Waals surface area contributed by atoms with Crippen molar-refractivity contribution in [2.45, 2.75) is 13.5 Å². The number of hydrogen-bond donors (Lipinski definition) is 1. The van der Waals surface area contributed by atoms with Crippen LogP contribution in [0.5, 0.6) is 11.5 Å². The van der Waals surface area contributed by atoms with Gasteiger partial charge in [-0.25, -0.2) is 5.43 Å². The van der Waals surface area contributed by atoms with Crippen molar-refractivity contribution in [1.82, 2.24) is 5.43 Å². The number of hydrazone groups is 1. The van der Waals surface area contributed by atoms with E-state index in [0.717, 1.165) is 5.56 Å². The summed E-state index contributed by atoms with van der Waals surface area (Å²) in [5, 5.41) is 4.99. The molecule has 5 nitrogen and oxygen atoms in total. The van der Waals surface area contributed by atoms with Gasteiger partial charge in [0.1, 0.15) is 6.61 Å². The van der Waals surface area contributed by atoms with Crippen molar-refractivity contribution < 1.29 is 14.3 Å². The number of amides is 1. The monoisotopic (exact) mass is 520 g/mol. The van der Waals surface area contributed by atoms with Crippen LogP contribution in [-0.2, 0) is 6.61 Å². The van der Waals surface area contributed by atoms with Gasteiger partial charge in [-0.3, -0.25) is 4.79 Å². The summed E-state index contributed by atoms with van der Waals surface area (Å²) in [5.41, 5.74) is 4.46. The Balaban J connectivity index is 1.74. The van der Waals surface area contributed by atoms with Gasteiger partial charge in [-0.05, 0) is 58.7 Å². The molecular weight excluding hydrogens is 503 g/mol. The molecule has 1 amide bonds. The molecule has 3 rings (SSSR count). The van der Waals surface area contributed by atoms with E-state index in [2.05, 4.69) is 26.5 Å². The zero-order chi connectivity index (χ0) is 22.2. The zero-order valence-corrected chi connectivity index (χ0v) is 19.7. The number of nitrogens with one attached hydrogen (secondary N) is 1. The van der Waals surface area contributed by atoms with Crippen LogP contribution in [0, 0.1) is 0 Å². The molecule has 0 aromatic heterocycles. The van der Waals surface area contributed by atoms with E-state index in [-0.39, 0.29) is 12.5 Å². The summed E-state index contributed by atoms with van der Waals surface area (Å²) in [6.45, 7) is 2.54. The van der Waals surface area contributed by atoms with Crippen LogP contribution in [0.1, 0.15) is 28.4 Å². The van der Waals surface area contributed by atoms with E-state index in [9.17, 15) is 4.79 Å². The minimum Gasteiger partial charge on any atom is -0.490 e. The van der Waals surface area contributed by atoms with Crippen molar-refractivity contribution >= 4 is 51.3 Å². The fourth-order valence-electron chi connectivity index (χ4n) is 2.70. The fourth-order valence-corrected chi connectivity index (χ4v) is 3.63. The van der Waals surface area contributed by atoms with Gasteiger partial charge in [-0.1, -0.05) is 53.5 Å². The smallest absolute Gasteiger partial charge is 0.272 e. The van der Waals surface area contributed by atoms with Crippen LogP contribution in [-0.4, -0.2) is 18.7 Å². The third-order valence-electron chi connectivity index (χ3n) is 4.16. The van der Waals surface area contributed by atoms with E-state index >= 15 is 0 Å². The Morgan fingerprint density at radius 2 is 1.81 bits per heavy atom. The lowest BCUT2D eigenvalue weighted by Crippen LogP contribution is -2.18. The number of hydrogen-bond acceptors (Lipinski definition) is 4. The van der Waals surface area contributed by atoms with Crippen LogP contribution in [0.2, 0.25) is 10.0 Å². The number of halogens is 3. The second kappa shape index (κ2) is 11.2. The molecule has 8 heteroatoms. The average molecular weight is 522 g/mol. The quantitative estimate of drug-likeness (QED) is 0.272. The highest BCUT2D eigenvalue weighted by atomic mass is 79.9. The topological polar surface area (TPSA) is 59.9 Å². The molecule has 0 heterocycles. The molecule has 0 spiro atoms. The predicted molar refractivity (Wildman–Crippen MR) is 128 cm³/mol. The Hall–Kier alpha value is -2.54. The first-order chi connectivity index (χ1) is 15.0. The number of carbonyl (C=O) groups excluding carboxylic acids is 1. The van der Waals surface area contributed by atoms with E-state index in [1.54, 1.807) is 36.4 Å². The number of rotatable bonds is 8. The highest BCUT2D eigenvalue weighted by Gasteiger charge is 2.14. The Kier molecular flexibility index (Phi) is 8.35. The average Bonchev–Trinajstić information content (AvgIpc) is 2.75. The molecule has 160 valence electrons. The van der Waals surface area contributed by atoms with Crippen LogP contribution in [0.3, 0.4) is 0 Å². The first-order valence-electron chi connectivity index (χ1n) is 9.40. The molecule has 31 heavy (non-hydrogen) atoms. The molecular formula is C23H19BrCl2N2O3. The standard InChI is InChI=1S/C23H19BrCl2N2O3/c1-2-30-21-12-15(13-27-28-23(29)17-8-4-5-9-18(17)24)11-20(26)22(21)31-14-16-7-3-6-10-19(16)25/h3-13H,2,14H2,1H3,(H,28,29)/b27-13-. The van der Waals surface area contributed by atoms with Crippen molar-refractivity contribution in [2.75, 3.05) is 6.61 Å². The Labute approximate surface area is 199 Å². The van der Waals surface area contributed by atoms with Crippen LogP contribution in [0.15, 0.2) is 70.2 Å². The SMILES string of the molecule is CCOc1cc(/C=N\NC(=O)c2ccccc2Br)cc(Cl)c1OCc1ccccc1Cl. The van der Waals surface area contributed by atoms with Crippen LogP contribution in [0.25, 0.3) is 0 Å². The second-order valence-electron chi connectivity index (χ2n) is 6.32. The van der Waals surface area contributed by atoms with E-state index in [4.69, 9.17) is 32.7 Å². The highest BCUT2D eigenvalue weighted by molar-refractivity contribution is 9.10. The summed E-state index contributed by atoms with van der Waals surface area (Å²) in [5.74, 6) is 0.554. The van der Waals surface area contributed by atoms with E-state index < -0.39 is 0 Å². The van der Waals surface area contributed by atoms with Gasteiger partial charge in [0, 0.05) is 15.1 Å². The number of carbonyl (C=O) groups is 1. The Morgan fingerprint density at radius 1 is 1.06 bits per heavy atom. The van der Waals surface area contributed by atoms with Crippen molar-refractivity contribution in [3.05, 3.63) is 91.9 Å². The Bertz CT molecular complexity index is 1110. The van der Waals surface area contributed by atoms with Gasteiger partial charge >= 0.3 is 0 Å². The van der Waals surface area contributed by atoms with Crippen molar-refractivity contribution in [2.24, 2.45) is 5.10 Å². The minimum absolute atomic E-state index is 0.245. The molecule has 0 fully saturated rings. The number of benzene rings is 3. The molecule has 0 aliphatic carbocycles. The van der Waals surface area contributed by atoms with Gasteiger partial charge in [0.05, 0.1) is 23.4 Å². The van der Waals surface area contributed by atoms with E-state index in [1.807, 2.05) is 31.2 Å². The molecule has 0 aliphatic rings. The van der Waals surface area contributed by atoms with Crippen molar-refractivity contribution in [3.63, 3.8) is 0 Å². The maximum absolute atomic E-state index is 12.3. The number of ether oxygens (including phenoxy) is 2. The summed E-state index contributed by atoms with van der Waals surface area (Å²) in [7, 11) is 0. The summed E-state index contributed by atoms with van der Waals surface area (Å²) in [6.07, 6.45) is 1.49. The lowest BCUT2D eigenvalue weighted by Gasteiger charge is -2.15. The van der Waals surface area contributed by atoms with Crippen LogP contribution >= 0.6 is 39.1 Å². The number of nitrogens with zero attached hydrogens (tertiary/aromatic N) is 1. The third-order valence-corrected chi connectivity index (χ3v) is 5.50. The molecule has 0 saturated carbocycles. The van der Waals surface area contributed by atoms with Gasteiger partial charge in [0.2, 0.25) is 0 Å². The van der Waals surface area contributed by atoms with Gasteiger partial charge in [-0.2, -0.15) is 5.10 Å². The zero-order valence-electron chi connectivity index (χ0n) is 16.6. The molecule has 0 radical (unpaired) electrons. The molecule has 0 atom stereocenters. The van der Waals surface area contributed by atoms with Crippen molar-refractivity contribution in [3.8, 4) is 11.5 Å². The van der Waals surface area contributed by atoms with Gasteiger partial charge in [0.25, 0.3) is 5.91 Å². The largest absolute Gasteiger partial charge is 0.490 e. The maximum atomic E-state index is 12.3. The molecule has 3 aromatic rings. The molecule has 0 bridgehead atoms. The first kappa shape index (κ1) is 23.1. The summed E-state index contributed by atoms with van der Waals surface area (Å²) >= 11 is 16.0. The van der Waals surface area contributed by atoms with E-state index in [0.29, 0.717) is 43.8 Å². The minimum atomic E-state index is -0.334. The second-order valence-corrected chi connectivity index (χ2v) is 7.99. The molecule has 0 saturated heterocycles. The molecule has 0 unspecified atom stereocenters. The summed E-state index contributed by atoms with van der Waals surface area (Å²) in [4.78, 5) is 12.3. The first-order valence-corrected chi connectivity index (χ1v) is 10.9. The van der Waals surface area contributed by atoms with Crippen LogP contribution < -0.4 is 14.9 Å². The predicted octanol–water partition coefficient (Wildman–Crippen LogP) is 6.50. The maximum Gasteiger partial charge on any atom is 0.272 e. The summed E-state index contributed by atoms with van der Waals surface area (Å²) in [6, 6.07) is 17.9. The van der Waals surface area contributed by atoms with E-state index in [1.165, 1.54) is 6.21 Å². The Morgan fingerprint density at radius 3 is 2.55 bits per heavy atom. The summed E-state index contributed by atoms with van der Waals surface area (Å²) < 4.78 is 12.3.